The number of piperazine rings is 1. The molecule has 3 rings (SSSR count). The molecule has 186 valence electrons. The van der Waals surface area contributed by atoms with E-state index in [9.17, 15) is 14.0 Å². The molecular formula is C25H27ClF2N4O3. The van der Waals surface area contributed by atoms with Gasteiger partial charge in [0.2, 0.25) is 5.91 Å². The summed E-state index contributed by atoms with van der Waals surface area (Å²) < 4.78 is 36.0. The highest BCUT2D eigenvalue weighted by molar-refractivity contribution is 6.34. The Morgan fingerprint density at radius 3 is 2.57 bits per heavy atom. The highest BCUT2D eigenvalue weighted by Crippen LogP contribution is 2.43. The maximum absolute atomic E-state index is 16.0. The van der Waals surface area contributed by atoms with E-state index in [-0.39, 0.29) is 51.6 Å². The monoisotopic (exact) mass is 504 g/mol. The van der Waals surface area contributed by atoms with Gasteiger partial charge in [0, 0.05) is 45.3 Å². The predicted octanol–water partition coefficient (Wildman–Crippen LogP) is 4.37. The average Bonchev–Trinajstić information content (AvgIpc) is 2.82. The van der Waals surface area contributed by atoms with E-state index in [4.69, 9.17) is 16.3 Å². The van der Waals surface area contributed by atoms with Crippen molar-refractivity contribution in [1.82, 2.24) is 14.7 Å². The Labute approximate surface area is 208 Å². The van der Waals surface area contributed by atoms with Crippen LogP contribution >= 0.6 is 11.6 Å². The predicted molar refractivity (Wildman–Crippen MR) is 132 cm³/mol. The zero-order valence-corrected chi connectivity index (χ0v) is 20.8. The summed E-state index contributed by atoms with van der Waals surface area (Å²) in [5, 5.41) is -0.161. The molecule has 1 atom stereocenters. The molecule has 0 bridgehead atoms. The smallest absolute Gasteiger partial charge is 0.256 e. The summed E-state index contributed by atoms with van der Waals surface area (Å²) in [5.74, 6) is -2.32. The van der Waals surface area contributed by atoms with Crippen LogP contribution in [0.3, 0.4) is 0 Å². The Morgan fingerprint density at radius 1 is 1.26 bits per heavy atom. The molecule has 0 aromatic heterocycles. The van der Waals surface area contributed by atoms with Crippen molar-refractivity contribution in [2.24, 2.45) is 4.99 Å². The first-order valence-corrected chi connectivity index (χ1v) is 11.3. The number of aliphatic imine (C=N–C) groups is 1. The molecule has 0 spiro atoms. The van der Waals surface area contributed by atoms with E-state index >= 15 is 4.39 Å². The average molecular weight is 505 g/mol. The number of carbonyl (C=O) groups excluding carboxylic acids is 2. The molecule has 1 aliphatic heterocycles. The van der Waals surface area contributed by atoms with Crippen LogP contribution in [0.2, 0.25) is 5.02 Å². The lowest BCUT2D eigenvalue weighted by Gasteiger charge is -2.39. The maximum atomic E-state index is 16.0. The van der Waals surface area contributed by atoms with Gasteiger partial charge in [0.15, 0.2) is 5.82 Å². The Bertz CT molecular complexity index is 1190. The van der Waals surface area contributed by atoms with Crippen molar-refractivity contribution >= 4 is 35.4 Å². The van der Waals surface area contributed by atoms with E-state index in [1.807, 2.05) is 0 Å². The molecule has 35 heavy (non-hydrogen) atoms. The molecular weight excluding hydrogens is 478 g/mol. The number of hydrogen-bond donors (Lipinski definition) is 0. The zero-order chi connectivity index (χ0) is 25.9. The van der Waals surface area contributed by atoms with Gasteiger partial charge >= 0.3 is 0 Å². The van der Waals surface area contributed by atoms with E-state index < -0.39 is 17.5 Å². The second-order valence-corrected chi connectivity index (χ2v) is 8.71. The minimum Gasteiger partial charge on any atom is -0.496 e. The standard InChI is InChI=1S/C25H27ClF2N4O3/c1-6-20(33)31-10-11-32(15(2)13-31)25(34)16-12-17(26)21(23(28)24(16)29-14-30(3)4)22-18(27)8-7-9-19(22)35-5/h6-9,12,14-15H,1,10-11,13H2,2-5H3/t15-/m0/s1. The van der Waals surface area contributed by atoms with Crippen LogP contribution in [0.25, 0.3) is 11.1 Å². The zero-order valence-electron chi connectivity index (χ0n) is 20.0. The molecule has 1 heterocycles. The molecule has 10 heteroatoms. The Morgan fingerprint density at radius 2 is 1.97 bits per heavy atom. The molecule has 1 aliphatic rings. The van der Waals surface area contributed by atoms with E-state index in [1.165, 1.54) is 48.7 Å². The second-order valence-electron chi connectivity index (χ2n) is 8.30. The highest BCUT2D eigenvalue weighted by Gasteiger charge is 2.33. The number of benzene rings is 2. The van der Waals surface area contributed by atoms with Crippen LogP contribution in [-0.2, 0) is 4.79 Å². The van der Waals surface area contributed by atoms with Gasteiger partial charge in [0.25, 0.3) is 5.91 Å². The second kappa shape index (κ2) is 10.9. The van der Waals surface area contributed by atoms with E-state index in [0.29, 0.717) is 13.1 Å². The molecule has 0 saturated carbocycles. The van der Waals surface area contributed by atoms with Crippen LogP contribution in [0.15, 0.2) is 41.9 Å². The number of rotatable bonds is 6. The summed E-state index contributed by atoms with van der Waals surface area (Å²) in [7, 11) is 4.72. The number of methoxy groups -OCH3 is 1. The van der Waals surface area contributed by atoms with Crippen LogP contribution in [-0.4, -0.2) is 79.7 Å². The molecule has 2 aromatic carbocycles. The van der Waals surface area contributed by atoms with Crippen molar-refractivity contribution in [2.75, 3.05) is 40.8 Å². The van der Waals surface area contributed by atoms with Gasteiger partial charge in [-0.2, -0.15) is 0 Å². The topological polar surface area (TPSA) is 65.5 Å². The van der Waals surface area contributed by atoms with Crippen molar-refractivity contribution in [3.05, 3.63) is 59.1 Å². The van der Waals surface area contributed by atoms with Gasteiger partial charge < -0.3 is 19.4 Å². The van der Waals surface area contributed by atoms with Gasteiger partial charge in [-0.05, 0) is 31.2 Å². The third-order valence-electron chi connectivity index (χ3n) is 5.66. The summed E-state index contributed by atoms with van der Waals surface area (Å²) in [6.07, 6.45) is 2.57. The van der Waals surface area contributed by atoms with Crippen molar-refractivity contribution in [2.45, 2.75) is 13.0 Å². The fourth-order valence-corrected chi connectivity index (χ4v) is 4.25. The van der Waals surface area contributed by atoms with Gasteiger partial charge in [-0.3, -0.25) is 9.59 Å². The van der Waals surface area contributed by atoms with Gasteiger partial charge in [0.1, 0.15) is 17.3 Å². The Balaban J connectivity index is 2.14. The van der Waals surface area contributed by atoms with Gasteiger partial charge in [-0.15, -0.1) is 0 Å². The van der Waals surface area contributed by atoms with Crippen LogP contribution in [0.1, 0.15) is 17.3 Å². The van der Waals surface area contributed by atoms with Gasteiger partial charge in [-0.25, -0.2) is 13.8 Å². The van der Waals surface area contributed by atoms with Crippen LogP contribution < -0.4 is 4.74 Å². The first-order chi connectivity index (χ1) is 16.6. The van der Waals surface area contributed by atoms with Crippen molar-refractivity contribution in [1.29, 1.82) is 0 Å². The van der Waals surface area contributed by atoms with Crippen LogP contribution in [0.5, 0.6) is 5.75 Å². The molecule has 1 saturated heterocycles. The van der Waals surface area contributed by atoms with E-state index in [0.717, 1.165) is 0 Å². The van der Waals surface area contributed by atoms with Gasteiger partial charge in [-0.1, -0.05) is 24.2 Å². The summed E-state index contributed by atoms with van der Waals surface area (Å²) in [6, 6.07) is 5.04. The largest absolute Gasteiger partial charge is 0.496 e. The summed E-state index contributed by atoms with van der Waals surface area (Å²) >= 11 is 6.45. The number of amides is 2. The normalized spacial score (nSPS) is 15.9. The van der Waals surface area contributed by atoms with Crippen molar-refractivity contribution in [3.8, 4) is 16.9 Å². The first-order valence-electron chi connectivity index (χ1n) is 10.9. The number of halogens is 3. The number of carbonyl (C=O) groups is 2. The third-order valence-corrected chi connectivity index (χ3v) is 5.96. The summed E-state index contributed by atoms with van der Waals surface area (Å²) in [6.45, 7) is 6.13. The third kappa shape index (κ3) is 5.30. The fourth-order valence-electron chi connectivity index (χ4n) is 3.96. The molecule has 2 amide bonds. The minimum atomic E-state index is -0.949. The molecule has 7 nitrogen and oxygen atoms in total. The fraction of sp³-hybridized carbons (Fsp3) is 0.320. The number of hydrogen-bond acceptors (Lipinski definition) is 4. The lowest BCUT2D eigenvalue weighted by Crippen LogP contribution is -2.55. The van der Waals surface area contributed by atoms with Crippen LogP contribution in [0, 0.1) is 11.6 Å². The Hall–Kier alpha value is -3.46. The highest BCUT2D eigenvalue weighted by atomic mass is 35.5. The molecule has 1 fully saturated rings. The first kappa shape index (κ1) is 26.2. The SMILES string of the molecule is C=CC(=O)N1CCN(C(=O)c2cc(Cl)c(-c3c(F)cccc3OC)c(F)c2N=CN(C)C)[C@@H](C)C1. The van der Waals surface area contributed by atoms with Gasteiger partial charge in [0.05, 0.1) is 29.6 Å². The molecule has 0 aliphatic carbocycles. The molecule has 0 radical (unpaired) electrons. The molecule has 0 N–H and O–H groups in total. The van der Waals surface area contributed by atoms with E-state index in [1.54, 1.807) is 30.8 Å². The number of nitrogens with zero attached hydrogens (tertiary/aromatic N) is 4. The van der Waals surface area contributed by atoms with Crippen molar-refractivity contribution < 1.29 is 23.1 Å². The quantitative estimate of drug-likeness (QED) is 0.333. The summed E-state index contributed by atoms with van der Waals surface area (Å²) in [5.41, 5.74) is -0.758. The summed E-state index contributed by atoms with van der Waals surface area (Å²) in [4.78, 5) is 34.4. The minimum absolute atomic E-state index is 0.0694. The van der Waals surface area contributed by atoms with E-state index in [2.05, 4.69) is 11.6 Å². The maximum Gasteiger partial charge on any atom is 0.256 e. The lowest BCUT2D eigenvalue weighted by molar-refractivity contribution is -0.128. The van der Waals surface area contributed by atoms with Crippen molar-refractivity contribution in [3.63, 3.8) is 0 Å². The Kier molecular flexibility index (Phi) is 8.11. The molecule has 2 aromatic rings. The molecule has 0 unspecified atom stereocenters. The number of ether oxygens (including phenoxy) is 1. The van der Waals surface area contributed by atoms with Crippen LogP contribution in [0.4, 0.5) is 14.5 Å². The lowest BCUT2D eigenvalue weighted by atomic mass is 9.98.